The van der Waals surface area contributed by atoms with Crippen LogP contribution in [0.3, 0.4) is 0 Å². The number of nitrogens with zero attached hydrogens (tertiary/aromatic N) is 6. The van der Waals surface area contributed by atoms with Gasteiger partial charge in [-0.3, -0.25) is 9.48 Å². The highest BCUT2D eigenvalue weighted by Crippen LogP contribution is 2.35. The molecule has 3 heterocycles. The lowest BCUT2D eigenvalue weighted by Crippen LogP contribution is -2.13. The smallest absolute Gasteiger partial charge is 0.261 e. The van der Waals surface area contributed by atoms with Crippen LogP contribution in [0.25, 0.3) is 16.9 Å². The second-order valence-electron chi connectivity index (χ2n) is 6.89. The largest absolute Gasteiger partial charge is 0.496 e. The third-order valence-electron chi connectivity index (χ3n) is 4.57. The Bertz CT molecular complexity index is 1300. The number of benzene rings is 1. The van der Waals surface area contributed by atoms with Crippen molar-refractivity contribution in [3.8, 4) is 23.1 Å². The fraction of sp³-hybridized carbons (Fsp3) is 0.190. The van der Waals surface area contributed by atoms with Crippen LogP contribution in [0.2, 0.25) is 0 Å². The molecule has 0 aliphatic rings. The number of ether oxygens (including phenoxy) is 1. The van der Waals surface area contributed by atoms with Crippen LogP contribution in [-0.2, 0) is 6.54 Å². The van der Waals surface area contributed by atoms with Crippen molar-refractivity contribution in [3.63, 3.8) is 0 Å². The molecule has 0 radical (unpaired) electrons. The van der Waals surface area contributed by atoms with Gasteiger partial charge in [-0.1, -0.05) is 0 Å². The van der Waals surface area contributed by atoms with E-state index in [1.807, 2.05) is 0 Å². The van der Waals surface area contributed by atoms with E-state index in [9.17, 15) is 15.2 Å². The quantitative estimate of drug-likeness (QED) is 0.491. The first-order chi connectivity index (χ1) is 15.0. The molecule has 1 aromatic carbocycles. The SMILES string of the molecule is COc1ccc(C#N)cc1-c1nn(CC(C)O)cc1NC(=O)c1cnn2cccnc12. The number of carbonyl (C=O) groups excluding carboxylic acids is 1. The zero-order valence-corrected chi connectivity index (χ0v) is 16.9. The maximum atomic E-state index is 13.0. The van der Waals surface area contributed by atoms with Crippen molar-refractivity contribution in [1.82, 2.24) is 24.4 Å². The minimum absolute atomic E-state index is 0.224. The number of nitrogens with one attached hydrogen (secondary N) is 1. The van der Waals surface area contributed by atoms with Crippen LogP contribution < -0.4 is 10.1 Å². The second-order valence-corrected chi connectivity index (χ2v) is 6.89. The summed E-state index contributed by atoms with van der Waals surface area (Å²) in [5.41, 5.74) is 2.49. The maximum absolute atomic E-state index is 13.0. The fourth-order valence-electron chi connectivity index (χ4n) is 3.22. The van der Waals surface area contributed by atoms with E-state index in [1.54, 1.807) is 49.8 Å². The molecule has 156 valence electrons. The van der Waals surface area contributed by atoms with Crippen LogP contribution in [0.4, 0.5) is 5.69 Å². The van der Waals surface area contributed by atoms with Gasteiger partial charge in [-0.25, -0.2) is 9.50 Å². The molecule has 10 nitrogen and oxygen atoms in total. The average molecular weight is 417 g/mol. The summed E-state index contributed by atoms with van der Waals surface area (Å²) in [6.45, 7) is 1.86. The van der Waals surface area contributed by atoms with Gasteiger partial charge in [0.1, 0.15) is 17.0 Å². The molecule has 0 spiro atoms. The van der Waals surface area contributed by atoms with E-state index in [1.165, 1.54) is 22.5 Å². The molecule has 3 aromatic heterocycles. The molecule has 0 saturated carbocycles. The molecule has 31 heavy (non-hydrogen) atoms. The van der Waals surface area contributed by atoms with Gasteiger partial charge >= 0.3 is 0 Å². The first kappa shape index (κ1) is 20.1. The molecule has 0 bridgehead atoms. The standard InChI is InChI=1S/C21H19N7O3/c1-13(29)11-27-12-17(19(26-27)15-8-14(9-22)4-5-18(15)31-2)25-21(30)16-10-24-28-7-3-6-23-20(16)28/h3-8,10,12-13,29H,11H2,1-2H3,(H,25,30). The number of fused-ring (bicyclic) bond motifs is 1. The summed E-state index contributed by atoms with van der Waals surface area (Å²) >= 11 is 0. The molecule has 0 fully saturated rings. The van der Waals surface area contributed by atoms with Gasteiger partial charge in [0.2, 0.25) is 0 Å². The topological polar surface area (TPSA) is 130 Å². The summed E-state index contributed by atoms with van der Waals surface area (Å²) in [6.07, 6.45) is 5.70. The van der Waals surface area contributed by atoms with E-state index < -0.39 is 12.0 Å². The Morgan fingerprint density at radius 1 is 1.42 bits per heavy atom. The highest BCUT2D eigenvalue weighted by molar-refractivity contribution is 6.09. The Morgan fingerprint density at radius 2 is 2.26 bits per heavy atom. The molecule has 0 saturated heterocycles. The molecule has 0 aliphatic carbocycles. The van der Waals surface area contributed by atoms with Gasteiger partial charge in [-0.05, 0) is 31.2 Å². The Balaban J connectivity index is 1.78. The number of aromatic nitrogens is 5. The number of aliphatic hydroxyl groups excluding tert-OH is 1. The lowest BCUT2D eigenvalue weighted by atomic mass is 10.1. The molecular formula is C21H19N7O3. The number of hydrogen-bond acceptors (Lipinski definition) is 7. The van der Waals surface area contributed by atoms with Crippen LogP contribution in [0.1, 0.15) is 22.8 Å². The average Bonchev–Trinajstić information content (AvgIpc) is 3.36. The van der Waals surface area contributed by atoms with Gasteiger partial charge in [0.15, 0.2) is 5.65 Å². The van der Waals surface area contributed by atoms with E-state index in [0.717, 1.165) is 0 Å². The van der Waals surface area contributed by atoms with E-state index in [4.69, 9.17) is 4.74 Å². The Hall–Kier alpha value is -4.23. The molecule has 1 amide bonds. The summed E-state index contributed by atoms with van der Waals surface area (Å²) in [7, 11) is 1.51. The third kappa shape index (κ3) is 3.94. The van der Waals surface area contributed by atoms with Crippen molar-refractivity contribution in [2.75, 3.05) is 12.4 Å². The van der Waals surface area contributed by atoms with Crippen LogP contribution in [0.15, 0.2) is 49.1 Å². The van der Waals surface area contributed by atoms with Gasteiger partial charge in [-0.15, -0.1) is 0 Å². The van der Waals surface area contributed by atoms with E-state index in [0.29, 0.717) is 39.5 Å². The van der Waals surface area contributed by atoms with Crippen LogP contribution >= 0.6 is 0 Å². The minimum atomic E-state index is -0.646. The molecule has 1 unspecified atom stereocenters. The molecule has 4 aromatic rings. The first-order valence-corrected chi connectivity index (χ1v) is 9.44. The molecular weight excluding hydrogens is 398 g/mol. The van der Waals surface area contributed by atoms with Gasteiger partial charge in [-0.2, -0.15) is 15.5 Å². The summed E-state index contributed by atoms with van der Waals surface area (Å²) < 4.78 is 8.47. The van der Waals surface area contributed by atoms with Crippen molar-refractivity contribution in [1.29, 1.82) is 5.26 Å². The minimum Gasteiger partial charge on any atom is -0.496 e. The second kappa shape index (κ2) is 8.25. The van der Waals surface area contributed by atoms with E-state index in [-0.39, 0.29) is 6.54 Å². The number of methoxy groups -OCH3 is 1. The van der Waals surface area contributed by atoms with Crippen molar-refractivity contribution >= 4 is 17.2 Å². The van der Waals surface area contributed by atoms with Crippen LogP contribution in [0, 0.1) is 11.3 Å². The monoisotopic (exact) mass is 417 g/mol. The Morgan fingerprint density at radius 3 is 3.00 bits per heavy atom. The lowest BCUT2D eigenvalue weighted by molar-refractivity contribution is 0.102. The first-order valence-electron chi connectivity index (χ1n) is 9.44. The van der Waals surface area contributed by atoms with Crippen molar-refractivity contribution in [2.45, 2.75) is 19.6 Å². The number of aliphatic hydroxyl groups is 1. The molecule has 4 rings (SSSR count). The molecule has 0 aliphatic heterocycles. The number of anilines is 1. The van der Waals surface area contributed by atoms with Gasteiger partial charge < -0.3 is 15.2 Å². The predicted octanol–water partition coefficient (Wildman–Crippen LogP) is 2.11. The lowest BCUT2D eigenvalue weighted by Gasteiger charge is -2.09. The van der Waals surface area contributed by atoms with Gasteiger partial charge in [0, 0.05) is 24.2 Å². The Labute approximate surface area is 177 Å². The van der Waals surface area contributed by atoms with Gasteiger partial charge in [0.05, 0.1) is 43.3 Å². The third-order valence-corrected chi connectivity index (χ3v) is 4.57. The molecule has 1 atom stereocenters. The molecule has 10 heteroatoms. The van der Waals surface area contributed by atoms with Crippen molar-refractivity contribution in [3.05, 3.63) is 60.2 Å². The summed E-state index contributed by atoms with van der Waals surface area (Å²) in [4.78, 5) is 17.2. The zero-order valence-electron chi connectivity index (χ0n) is 16.9. The Kier molecular flexibility index (Phi) is 5.34. The highest BCUT2D eigenvalue weighted by Gasteiger charge is 2.21. The van der Waals surface area contributed by atoms with Crippen LogP contribution in [0.5, 0.6) is 5.75 Å². The van der Waals surface area contributed by atoms with Crippen LogP contribution in [-0.4, -0.2) is 48.6 Å². The molecule has 2 N–H and O–H groups in total. The summed E-state index contributed by atoms with van der Waals surface area (Å²) in [6, 6.07) is 8.76. The highest BCUT2D eigenvalue weighted by atomic mass is 16.5. The number of carbonyl (C=O) groups is 1. The predicted molar refractivity (Wildman–Crippen MR) is 112 cm³/mol. The van der Waals surface area contributed by atoms with E-state index in [2.05, 4.69) is 26.6 Å². The fourth-order valence-corrected chi connectivity index (χ4v) is 3.22. The summed E-state index contributed by atoms with van der Waals surface area (Å²) in [5.74, 6) is 0.0800. The van der Waals surface area contributed by atoms with E-state index >= 15 is 0 Å². The number of amides is 1. The normalized spacial score (nSPS) is 11.8. The number of nitriles is 1. The number of hydrogen-bond donors (Lipinski definition) is 2. The number of rotatable bonds is 6. The zero-order chi connectivity index (χ0) is 22.0. The maximum Gasteiger partial charge on any atom is 0.261 e. The van der Waals surface area contributed by atoms with Crippen molar-refractivity contribution < 1.29 is 14.6 Å². The van der Waals surface area contributed by atoms with Crippen molar-refractivity contribution in [2.24, 2.45) is 0 Å². The van der Waals surface area contributed by atoms with Gasteiger partial charge in [0.25, 0.3) is 5.91 Å². The summed E-state index contributed by atoms with van der Waals surface area (Å²) in [5, 5.41) is 30.6.